The van der Waals surface area contributed by atoms with Crippen LogP contribution in [0.25, 0.3) is 0 Å². The molecule has 0 N–H and O–H groups in total. The van der Waals surface area contributed by atoms with Crippen LogP contribution in [0.4, 0.5) is 17.1 Å². The molecule has 5 heteroatoms. The highest BCUT2D eigenvalue weighted by Crippen LogP contribution is 2.51. The molecule has 0 spiro atoms. The van der Waals surface area contributed by atoms with E-state index in [2.05, 4.69) is 106 Å². The molecular weight excluding hydrogens is 389 g/mol. The summed E-state index contributed by atoms with van der Waals surface area (Å²) in [6.45, 7) is 13.0. The molecule has 3 heterocycles. The maximum Gasteiger partial charge on any atom is 0.507 e. The van der Waals surface area contributed by atoms with Gasteiger partial charge in [0.05, 0.1) is 33.0 Å². The average Bonchev–Trinajstić information content (AvgIpc) is 3.24. The van der Waals surface area contributed by atoms with Crippen LogP contribution in [0.2, 0.25) is 0 Å². The Kier molecular flexibility index (Phi) is 4.28. The number of hydrogen-bond acceptors (Lipinski definition) is 4. The van der Waals surface area contributed by atoms with Gasteiger partial charge in [-0.05, 0) is 62.4 Å². The minimum atomic E-state index is -0.376. The Hall–Kier alpha value is -2.08. The first-order valence-electron chi connectivity index (χ1n) is 10.6. The highest BCUT2D eigenvalue weighted by atomic mass is 32.1. The van der Waals surface area contributed by atoms with E-state index in [9.17, 15) is 0 Å². The van der Waals surface area contributed by atoms with E-state index in [-0.39, 0.29) is 23.7 Å². The van der Waals surface area contributed by atoms with Crippen LogP contribution in [-0.4, -0.2) is 18.3 Å². The second-order valence-electron chi connectivity index (χ2n) is 9.75. The fourth-order valence-corrected chi connectivity index (χ4v) is 5.39. The van der Waals surface area contributed by atoms with Gasteiger partial charge >= 0.3 is 7.12 Å². The molecule has 1 aromatic heterocycles. The molecule has 0 aliphatic carbocycles. The van der Waals surface area contributed by atoms with Crippen LogP contribution in [0.1, 0.15) is 52.7 Å². The van der Waals surface area contributed by atoms with Gasteiger partial charge in [0.25, 0.3) is 0 Å². The van der Waals surface area contributed by atoms with Gasteiger partial charge in [0, 0.05) is 5.41 Å². The molecule has 1 fully saturated rings. The van der Waals surface area contributed by atoms with Crippen molar-refractivity contribution >= 4 is 40.3 Å². The predicted molar refractivity (Wildman–Crippen MR) is 127 cm³/mol. The number of benzene rings is 2. The van der Waals surface area contributed by atoms with Crippen LogP contribution < -0.4 is 9.68 Å². The van der Waals surface area contributed by atoms with E-state index in [1.807, 2.05) is 0 Å². The first kappa shape index (κ1) is 19.9. The van der Waals surface area contributed by atoms with Crippen LogP contribution in [0.15, 0.2) is 60.0 Å². The summed E-state index contributed by atoms with van der Waals surface area (Å²) in [5.74, 6) is 0. The monoisotopic (exact) mass is 417 g/mol. The fourth-order valence-electron chi connectivity index (χ4n) is 4.55. The highest BCUT2D eigenvalue weighted by molar-refractivity contribution is 7.21. The highest BCUT2D eigenvalue weighted by Gasteiger charge is 2.53. The van der Waals surface area contributed by atoms with Gasteiger partial charge < -0.3 is 14.2 Å². The Morgan fingerprint density at radius 1 is 0.700 bits per heavy atom. The minimum Gasteiger partial charge on any atom is -0.399 e. The molecule has 3 aromatic rings. The number of para-hydroxylation sites is 2. The number of rotatable bonds is 2. The molecule has 30 heavy (non-hydrogen) atoms. The Labute approximate surface area is 183 Å². The third-order valence-electron chi connectivity index (χ3n) is 7.02. The molecule has 5 rings (SSSR count). The van der Waals surface area contributed by atoms with Gasteiger partial charge in [-0.15, -0.1) is 0 Å². The smallest absolute Gasteiger partial charge is 0.399 e. The first-order chi connectivity index (χ1) is 14.1. The van der Waals surface area contributed by atoms with Crippen LogP contribution in [0, 0.1) is 0 Å². The van der Waals surface area contributed by atoms with Crippen LogP contribution in [0.5, 0.6) is 0 Å². The topological polar surface area (TPSA) is 21.7 Å². The summed E-state index contributed by atoms with van der Waals surface area (Å²) >= 11 is 1.70. The molecule has 3 nitrogen and oxygen atoms in total. The maximum absolute atomic E-state index is 6.42. The van der Waals surface area contributed by atoms with Crippen molar-refractivity contribution in [3.05, 3.63) is 71.1 Å². The van der Waals surface area contributed by atoms with E-state index in [0.717, 1.165) is 10.5 Å². The van der Waals surface area contributed by atoms with E-state index in [4.69, 9.17) is 9.31 Å². The molecule has 0 radical (unpaired) electrons. The van der Waals surface area contributed by atoms with E-state index < -0.39 is 0 Å². The average molecular weight is 417 g/mol. The molecule has 0 amide bonds. The molecule has 0 saturated carbocycles. The normalized spacial score (nSPS) is 20.7. The summed E-state index contributed by atoms with van der Waals surface area (Å²) in [6.07, 6.45) is 0. The number of hydrogen-bond donors (Lipinski definition) is 0. The van der Waals surface area contributed by atoms with Crippen molar-refractivity contribution in [2.24, 2.45) is 0 Å². The Morgan fingerprint density at radius 3 is 1.73 bits per heavy atom. The summed E-state index contributed by atoms with van der Waals surface area (Å²) in [4.78, 5) is 2.38. The second kappa shape index (κ2) is 6.46. The number of anilines is 3. The van der Waals surface area contributed by atoms with Crippen LogP contribution >= 0.6 is 11.3 Å². The molecular formula is C25H28BNO2S. The third kappa shape index (κ3) is 2.72. The minimum absolute atomic E-state index is 0.0653. The number of fused-ring (bicyclic) bond motifs is 2. The van der Waals surface area contributed by atoms with Gasteiger partial charge in [-0.25, -0.2) is 0 Å². The SMILES string of the molecule is CC1(C)c2ccccc2N(c2ccsc2B2OC(C)(C)C(C)(C)O2)c2ccccc21. The van der Waals surface area contributed by atoms with Gasteiger partial charge in [-0.1, -0.05) is 50.2 Å². The summed E-state index contributed by atoms with van der Waals surface area (Å²) in [6, 6.07) is 19.6. The third-order valence-corrected chi connectivity index (χ3v) is 7.95. The quantitative estimate of drug-likeness (QED) is 0.467. The zero-order valence-corrected chi connectivity index (χ0v) is 19.3. The predicted octanol–water partition coefficient (Wildman–Crippen LogP) is 6.16. The number of thiophene rings is 1. The molecule has 2 aliphatic heterocycles. The molecule has 0 bridgehead atoms. The summed E-state index contributed by atoms with van der Waals surface area (Å²) < 4.78 is 13.9. The van der Waals surface area contributed by atoms with Crippen molar-refractivity contribution in [3.63, 3.8) is 0 Å². The lowest BCUT2D eigenvalue weighted by atomic mass is 9.73. The van der Waals surface area contributed by atoms with Crippen molar-refractivity contribution in [2.45, 2.75) is 58.2 Å². The van der Waals surface area contributed by atoms with Crippen molar-refractivity contribution in [2.75, 3.05) is 4.90 Å². The van der Waals surface area contributed by atoms with E-state index in [1.54, 1.807) is 11.3 Å². The van der Waals surface area contributed by atoms with Crippen molar-refractivity contribution in [1.29, 1.82) is 0 Å². The van der Waals surface area contributed by atoms with Gasteiger partial charge in [0.15, 0.2) is 0 Å². The Bertz CT molecular complexity index is 1050. The molecule has 0 atom stereocenters. The van der Waals surface area contributed by atoms with E-state index in [1.165, 1.54) is 22.5 Å². The summed E-state index contributed by atoms with van der Waals surface area (Å²) in [5.41, 5.74) is 5.44. The summed E-state index contributed by atoms with van der Waals surface area (Å²) in [5, 5.41) is 2.14. The second-order valence-corrected chi connectivity index (χ2v) is 10.7. The lowest BCUT2D eigenvalue weighted by Crippen LogP contribution is -2.41. The standard InChI is InChI=1S/C25H28BNO2S/c1-23(2)17-11-7-9-13-19(17)27(20-14-10-8-12-18(20)23)21-15-16-30-22(21)26-28-24(3,4)25(5,6)29-26/h7-16H,1-6H3. The van der Waals surface area contributed by atoms with Crippen LogP contribution in [0.3, 0.4) is 0 Å². The molecule has 154 valence electrons. The molecule has 2 aliphatic rings. The van der Waals surface area contributed by atoms with Gasteiger partial charge in [-0.3, -0.25) is 0 Å². The Morgan fingerprint density at radius 2 is 1.20 bits per heavy atom. The van der Waals surface area contributed by atoms with Crippen molar-refractivity contribution in [3.8, 4) is 0 Å². The lowest BCUT2D eigenvalue weighted by molar-refractivity contribution is 0.00578. The Balaban J connectivity index is 1.69. The molecule has 0 unspecified atom stereocenters. The van der Waals surface area contributed by atoms with Crippen molar-refractivity contribution < 1.29 is 9.31 Å². The zero-order chi connectivity index (χ0) is 21.3. The molecule has 2 aromatic carbocycles. The van der Waals surface area contributed by atoms with E-state index in [0.29, 0.717) is 0 Å². The lowest BCUT2D eigenvalue weighted by Gasteiger charge is -2.42. The van der Waals surface area contributed by atoms with Gasteiger partial charge in [0.1, 0.15) is 0 Å². The number of nitrogens with zero attached hydrogens (tertiary/aromatic N) is 1. The van der Waals surface area contributed by atoms with Crippen molar-refractivity contribution in [1.82, 2.24) is 0 Å². The molecule has 1 saturated heterocycles. The summed E-state index contributed by atoms with van der Waals surface area (Å²) in [7, 11) is -0.376. The van der Waals surface area contributed by atoms with Gasteiger partial charge in [-0.2, -0.15) is 11.3 Å². The van der Waals surface area contributed by atoms with E-state index >= 15 is 0 Å². The van der Waals surface area contributed by atoms with Gasteiger partial charge in [0.2, 0.25) is 0 Å². The fraction of sp³-hybridized carbons (Fsp3) is 0.360. The van der Waals surface area contributed by atoms with Crippen LogP contribution in [-0.2, 0) is 14.7 Å². The zero-order valence-electron chi connectivity index (χ0n) is 18.5. The maximum atomic E-state index is 6.42. The first-order valence-corrected chi connectivity index (χ1v) is 11.4. The largest absolute Gasteiger partial charge is 0.507 e.